The highest BCUT2D eigenvalue weighted by molar-refractivity contribution is 5.88. The van der Waals surface area contributed by atoms with Crippen molar-refractivity contribution >= 4 is 11.5 Å². The SMILES string of the molecule is CC/C(=C\C=C(/C)[N+](=O)[O-])c1cc(-c2ccc(C(=O)O)cc2)cc(-c2ccco2)n1. The first kappa shape index (κ1) is 20.7. The van der Waals surface area contributed by atoms with Gasteiger partial charge < -0.3 is 9.52 Å². The molecule has 0 aliphatic rings. The Labute approximate surface area is 173 Å². The van der Waals surface area contributed by atoms with E-state index in [0.29, 0.717) is 23.6 Å². The van der Waals surface area contributed by atoms with Gasteiger partial charge in [-0.25, -0.2) is 9.78 Å². The number of rotatable bonds is 7. The van der Waals surface area contributed by atoms with E-state index in [-0.39, 0.29) is 11.3 Å². The third kappa shape index (κ3) is 4.70. The van der Waals surface area contributed by atoms with Crippen molar-refractivity contribution in [2.75, 3.05) is 0 Å². The number of pyridine rings is 1. The van der Waals surface area contributed by atoms with Crippen LogP contribution in [0.1, 0.15) is 36.3 Å². The molecule has 0 aliphatic heterocycles. The maximum atomic E-state index is 11.1. The lowest BCUT2D eigenvalue weighted by atomic mass is 9.99. The van der Waals surface area contributed by atoms with Gasteiger partial charge in [-0.2, -0.15) is 0 Å². The highest BCUT2D eigenvalue weighted by Crippen LogP contribution is 2.30. The Morgan fingerprint density at radius 2 is 1.90 bits per heavy atom. The van der Waals surface area contributed by atoms with Crippen molar-refractivity contribution in [3.63, 3.8) is 0 Å². The van der Waals surface area contributed by atoms with E-state index in [0.717, 1.165) is 16.7 Å². The summed E-state index contributed by atoms with van der Waals surface area (Å²) in [5.74, 6) is -0.398. The summed E-state index contributed by atoms with van der Waals surface area (Å²) in [7, 11) is 0. The first-order chi connectivity index (χ1) is 14.4. The van der Waals surface area contributed by atoms with Gasteiger partial charge in [0, 0.05) is 13.0 Å². The Hall–Kier alpha value is -4.00. The van der Waals surface area contributed by atoms with E-state index in [1.54, 1.807) is 48.7 Å². The molecule has 0 bridgehead atoms. The minimum atomic E-state index is -0.989. The van der Waals surface area contributed by atoms with Gasteiger partial charge in [-0.3, -0.25) is 10.1 Å². The smallest absolute Gasteiger partial charge is 0.335 e. The number of nitrogens with zero attached hydrogens (tertiary/aromatic N) is 2. The molecule has 0 atom stereocenters. The number of furan rings is 1. The van der Waals surface area contributed by atoms with Crippen molar-refractivity contribution in [3.05, 3.63) is 94.0 Å². The summed E-state index contributed by atoms with van der Waals surface area (Å²) in [5.41, 5.74) is 4.00. The van der Waals surface area contributed by atoms with Crippen molar-refractivity contribution in [1.29, 1.82) is 0 Å². The molecule has 0 unspecified atom stereocenters. The van der Waals surface area contributed by atoms with Gasteiger partial charge in [-0.1, -0.05) is 25.1 Å². The maximum absolute atomic E-state index is 11.1. The van der Waals surface area contributed by atoms with Crippen molar-refractivity contribution in [2.24, 2.45) is 0 Å². The number of benzene rings is 1. The molecule has 7 nitrogen and oxygen atoms in total. The fourth-order valence-corrected chi connectivity index (χ4v) is 2.88. The van der Waals surface area contributed by atoms with Crippen LogP contribution in [0.3, 0.4) is 0 Å². The number of carbonyl (C=O) groups is 1. The molecule has 152 valence electrons. The van der Waals surface area contributed by atoms with Crippen LogP contribution in [0.25, 0.3) is 28.2 Å². The van der Waals surface area contributed by atoms with Gasteiger partial charge in [0.15, 0.2) is 5.76 Å². The van der Waals surface area contributed by atoms with E-state index in [9.17, 15) is 14.9 Å². The molecule has 2 aromatic heterocycles. The van der Waals surface area contributed by atoms with Gasteiger partial charge in [0.05, 0.1) is 22.4 Å². The third-order valence-corrected chi connectivity index (χ3v) is 4.59. The van der Waals surface area contributed by atoms with E-state index >= 15 is 0 Å². The van der Waals surface area contributed by atoms with Gasteiger partial charge in [-0.05, 0) is 59.5 Å². The van der Waals surface area contributed by atoms with Crippen molar-refractivity contribution < 1.29 is 19.2 Å². The molecule has 3 aromatic rings. The number of carboxylic acids is 1. The van der Waals surface area contributed by atoms with Gasteiger partial charge in [-0.15, -0.1) is 0 Å². The standard InChI is InChI=1S/C23H20N2O5/c1-3-16(7-6-15(2)25(28)29)20-13-19(14-21(24-20)22-5-4-12-30-22)17-8-10-18(11-9-17)23(26)27/h4-14H,3H2,1-2H3,(H,26,27)/b15-6+,16-7+. The highest BCUT2D eigenvalue weighted by Gasteiger charge is 2.12. The minimum Gasteiger partial charge on any atom is -0.478 e. The number of hydrogen-bond donors (Lipinski definition) is 1. The average Bonchev–Trinajstić information content (AvgIpc) is 3.29. The van der Waals surface area contributed by atoms with Crippen molar-refractivity contribution in [3.8, 4) is 22.6 Å². The molecule has 0 aliphatic carbocycles. The molecule has 0 fully saturated rings. The minimum absolute atomic E-state index is 0.0348. The summed E-state index contributed by atoms with van der Waals surface area (Å²) < 4.78 is 5.50. The number of aromatic nitrogens is 1. The van der Waals surface area contributed by atoms with Crippen LogP contribution in [0, 0.1) is 10.1 Å². The van der Waals surface area contributed by atoms with E-state index < -0.39 is 10.9 Å². The first-order valence-electron chi connectivity index (χ1n) is 9.31. The molecule has 0 spiro atoms. The predicted molar refractivity (Wildman–Crippen MR) is 113 cm³/mol. The Bertz CT molecular complexity index is 1130. The zero-order valence-corrected chi connectivity index (χ0v) is 16.5. The first-order valence-corrected chi connectivity index (χ1v) is 9.31. The monoisotopic (exact) mass is 404 g/mol. The molecular formula is C23H20N2O5. The fourth-order valence-electron chi connectivity index (χ4n) is 2.88. The Kier molecular flexibility index (Phi) is 6.22. The molecule has 2 heterocycles. The van der Waals surface area contributed by atoms with Gasteiger partial charge in [0.25, 0.3) is 0 Å². The lowest BCUT2D eigenvalue weighted by Gasteiger charge is -2.10. The maximum Gasteiger partial charge on any atom is 0.335 e. The molecule has 7 heteroatoms. The second-order valence-corrected chi connectivity index (χ2v) is 6.60. The summed E-state index contributed by atoms with van der Waals surface area (Å²) in [6.45, 7) is 3.38. The van der Waals surface area contributed by atoms with E-state index in [2.05, 4.69) is 4.98 Å². The van der Waals surface area contributed by atoms with Gasteiger partial charge in [0.1, 0.15) is 5.69 Å². The summed E-state index contributed by atoms with van der Waals surface area (Å²) in [6, 6.07) is 13.9. The molecule has 3 rings (SSSR count). The number of carboxylic acid groups (broad SMARTS) is 1. The topological polar surface area (TPSA) is 106 Å². The van der Waals surface area contributed by atoms with Gasteiger partial charge in [0.2, 0.25) is 5.70 Å². The lowest BCUT2D eigenvalue weighted by Crippen LogP contribution is -1.97. The molecule has 30 heavy (non-hydrogen) atoms. The van der Waals surface area contributed by atoms with Crippen LogP contribution in [0.2, 0.25) is 0 Å². The molecular weight excluding hydrogens is 384 g/mol. The Balaban J connectivity index is 2.13. The second kappa shape index (κ2) is 9.00. The zero-order chi connectivity index (χ0) is 21.7. The van der Waals surface area contributed by atoms with E-state index in [1.165, 1.54) is 13.0 Å². The molecule has 0 amide bonds. The Morgan fingerprint density at radius 3 is 2.47 bits per heavy atom. The molecule has 1 aromatic carbocycles. The van der Waals surface area contributed by atoms with Crippen LogP contribution >= 0.6 is 0 Å². The van der Waals surface area contributed by atoms with Crippen LogP contribution in [-0.4, -0.2) is 21.0 Å². The van der Waals surface area contributed by atoms with E-state index in [1.807, 2.05) is 19.1 Å². The highest BCUT2D eigenvalue weighted by atomic mass is 16.6. The van der Waals surface area contributed by atoms with Gasteiger partial charge >= 0.3 is 5.97 Å². The largest absolute Gasteiger partial charge is 0.478 e. The van der Waals surface area contributed by atoms with Crippen molar-refractivity contribution in [1.82, 2.24) is 4.98 Å². The molecule has 1 N–H and O–H groups in total. The summed E-state index contributed by atoms with van der Waals surface area (Å²) in [5, 5.41) is 20.0. The zero-order valence-electron chi connectivity index (χ0n) is 16.5. The number of allylic oxidation sites excluding steroid dienone is 4. The molecule has 0 radical (unpaired) electrons. The third-order valence-electron chi connectivity index (χ3n) is 4.59. The van der Waals surface area contributed by atoms with Crippen LogP contribution in [0.15, 0.2) is 77.1 Å². The molecule has 0 saturated carbocycles. The van der Waals surface area contributed by atoms with Crippen LogP contribution in [-0.2, 0) is 0 Å². The number of hydrogen-bond acceptors (Lipinski definition) is 5. The lowest BCUT2D eigenvalue weighted by molar-refractivity contribution is -0.424. The summed E-state index contributed by atoms with van der Waals surface area (Å²) in [6.07, 6.45) is 5.34. The van der Waals surface area contributed by atoms with Crippen LogP contribution in [0.4, 0.5) is 0 Å². The average molecular weight is 404 g/mol. The van der Waals surface area contributed by atoms with E-state index in [4.69, 9.17) is 9.52 Å². The van der Waals surface area contributed by atoms with Crippen LogP contribution < -0.4 is 0 Å². The normalized spacial score (nSPS) is 12.1. The molecule has 0 saturated heterocycles. The summed E-state index contributed by atoms with van der Waals surface area (Å²) in [4.78, 5) is 26.3. The summed E-state index contributed by atoms with van der Waals surface area (Å²) >= 11 is 0. The van der Waals surface area contributed by atoms with Crippen molar-refractivity contribution in [2.45, 2.75) is 20.3 Å². The Morgan fingerprint density at radius 1 is 1.17 bits per heavy atom. The predicted octanol–water partition coefficient (Wildman–Crippen LogP) is 5.68. The fraction of sp³-hybridized carbons (Fsp3) is 0.130. The second-order valence-electron chi connectivity index (χ2n) is 6.60. The number of aromatic carboxylic acids is 1. The number of nitro groups is 1. The van der Waals surface area contributed by atoms with Crippen LogP contribution in [0.5, 0.6) is 0 Å². The quantitative estimate of drug-likeness (QED) is 0.308.